The zero-order valence-electron chi connectivity index (χ0n) is 33.7. The SMILES string of the molecule is C=C1CCC(N2C(=O)c3ccc(OCC#Cc4cc(N5CCC(OC6CC(Oc7ccc(-c8ccc9c%10cnccc%10n(C)c9c8)cn7)C6)CC5)ccn4)cc3C2=O)C(=O)N1. The average molecular weight is 814 g/mol. The van der Waals surface area contributed by atoms with Crippen LogP contribution in [-0.2, 0) is 16.6 Å². The van der Waals surface area contributed by atoms with Crippen molar-refractivity contribution >= 4 is 45.2 Å². The van der Waals surface area contributed by atoms with Crippen molar-refractivity contribution in [3.8, 4) is 34.6 Å². The molecular weight excluding hydrogens is 771 g/mol. The number of anilines is 1. The second-order valence-electron chi connectivity index (χ2n) is 16.0. The maximum absolute atomic E-state index is 13.2. The van der Waals surface area contributed by atoms with Crippen molar-refractivity contribution < 1.29 is 28.6 Å². The van der Waals surface area contributed by atoms with Gasteiger partial charge in [-0.05, 0) is 85.7 Å². The van der Waals surface area contributed by atoms with Gasteiger partial charge in [-0.2, -0.15) is 0 Å². The van der Waals surface area contributed by atoms with Crippen LogP contribution < -0.4 is 19.7 Å². The van der Waals surface area contributed by atoms with Gasteiger partial charge in [-0.3, -0.25) is 24.3 Å². The average Bonchev–Trinajstić information content (AvgIpc) is 3.69. The summed E-state index contributed by atoms with van der Waals surface area (Å²) in [7, 11) is 2.09. The summed E-state index contributed by atoms with van der Waals surface area (Å²) >= 11 is 0. The molecule has 306 valence electrons. The number of piperidine rings is 2. The number of aryl methyl sites for hydroxylation is 1. The monoisotopic (exact) mass is 813 g/mol. The number of benzene rings is 2. The maximum atomic E-state index is 13.2. The first-order valence-electron chi connectivity index (χ1n) is 20.7. The minimum atomic E-state index is -0.865. The lowest BCUT2D eigenvalue weighted by Crippen LogP contribution is -2.51. The number of hydrogen-bond donors (Lipinski definition) is 1. The minimum Gasteiger partial charge on any atom is -0.481 e. The number of ether oxygens (including phenoxy) is 3. The Hall–Kier alpha value is -7.04. The zero-order chi connectivity index (χ0) is 41.6. The molecule has 61 heavy (non-hydrogen) atoms. The number of carbonyl (C=O) groups is 3. The van der Waals surface area contributed by atoms with Crippen LogP contribution in [0, 0.1) is 11.8 Å². The van der Waals surface area contributed by atoms with Gasteiger partial charge in [0.15, 0.2) is 0 Å². The molecular formula is C48H43N7O6. The number of pyridine rings is 3. The van der Waals surface area contributed by atoms with Crippen LogP contribution in [0.1, 0.15) is 64.9 Å². The third kappa shape index (κ3) is 7.44. The summed E-state index contributed by atoms with van der Waals surface area (Å²) in [6.07, 6.45) is 12.3. The molecule has 4 aromatic heterocycles. The molecule has 2 aromatic carbocycles. The van der Waals surface area contributed by atoms with Gasteiger partial charge in [0.2, 0.25) is 11.8 Å². The van der Waals surface area contributed by atoms with Gasteiger partial charge in [0.1, 0.15) is 30.2 Å². The number of amides is 3. The first kappa shape index (κ1) is 38.2. The molecule has 2 saturated heterocycles. The molecule has 1 aliphatic carbocycles. The van der Waals surface area contributed by atoms with Crippen molar-refractivity contribution in [2.75, 3.05) is 24.6 Å². The Labute approximate surface area is 352 Å². The quantitative estimate of drug-likeness (QED) is 0.126. The highest BCUT2D eigenvalue weighted by Gasteiger charge is 2.44. The van der Waals surface area contributed by atoms with Crippen LogP contribution in [0.3, 0.4) is 0 Å². The second-order valence-corrected chi connectivity index (χ2v) is 16.0. The standard InChI is InChI=1S/C48H43N7O6/c1-29-5-11-43(46(56)52-29)55-47(57)39-10-8-35(26-40(39)48(55)58)59-21-3-4-32-23-33(13-18-50-32)54-19-15-34(16-20-54)60-36-24-37(25-36)61-45-12-7-31(27-51-45)30-6-9-38-41-28-49-17-14-42(41)53(2)44(38)22-30/h6-10,12-14,17-18,22-23,26-28,34,36-37,43H,1,5,11,15-16,19-21,24-25H2,2H3,(H,52,56). The zero-order valence-corrected chi connectivity index (χ0v) is 33.7. The van der Waals surface area contributed by atoms with Crippen molar-refractivity contribution in [2.24, 2.45) is 7.05 Å². The van der Waals surface area contributed by atoms with E-state index in [9.17, 15) is 14.4 Å². The summed E-state index contributed by atoms with van der Waals surface area (Å²) in [5.41, 5.74) is 7.20. The summed E-state index contributed by atoms with van der Waals surface area (Å²) in [6, 6.07) is 20.4. The summed E-state index contributed by atoms with van der Waals surface area (Å²) in [6.45, 7) is 5.57. The van der Waals surface area contributed by atoms with Gasteiger partial charge in [-0.1, -0.05) is 24.6 Å². The summed E-state index contributed by atoms with van der Waals surface area (Å²) in [5.74, 6) is 5.72. The van der Waals surface area contributed by atoms with Gasteiger partial charge in [-0.25, -0.2) is 9.97 Å². The molecule has 6 aromatic rings. The van der Waals surface area contributed by atoms with E-state index in [4.69, 9.17) is 14.2 Å². The summed E-state index contributed by atoms with van der Waals surface area (Å²) in [4.78, 5) is 55.5. The van der Waals surface area contributed by atoms with Crippen LogP contribution in [0.15, 0.2) is 104 Å². The molecule has 7 heterocycles. The lowest BCUT2D eigenvalue weighted by atomic mass is 9.91. The van der Waals surface area contributed by atoms with Gasteiger partial charge in [-0.15, -0.1) is 0 Å². The fourth-order valence-corrected chi connectivity index (χ4v) is 8.82. The molecule has 13 heteroatoms. The molecule has 1 atom stereocenters. The lowest BCUT2D eigenvalue weighted by Gasteiger charge is -2.40. The maximum Gasteiger partial charge on any atom is 0.262 e. The van der Waals surface area contributed by atoms with Crippen LogP contribution in [-0.4, -0.2) is 86.2 Å². The molecule has 1 unspecified atom stereocenters. The lowest BCUT2D eigenvalue weighted by molar-refractivity contribution is -0.125. The van der Waals surface area contributed by atoms with E-state index in [-0.39, 0.29) is 36.0 Å². The fourth-order valence-electron chi connectivity index (χ4n) is 8.82. The Bertz CT molecular complexity index is 2790. The van der Waals surface area contributed by atoms with E-state index in [1.807, 2.05) is 42.9 Å². The largest absolute Gasteiger partial charge is 0.481 e. The molecule has 1 saturated carbocycles. The minimum absolute atomic E-state index is 0.0604. The smallest absolute Gasteiger partial charge is 0.262 e. The van der Waals surface area contributed by atoms with Crippen LogP contribution in [0.5, 0.6) is 11.6 Å². The number of carbonyl (C=O) groups excluding carboxylic acids is 3. The number of imide groups is 1. The third-order valence-electron chi connectivity index (χ3n) is 12.2. The molecule has 3 aliphatic heterocycles. The first-order chi connectivity index (χ1) is 29.8. The van der Waals surface area contributed by atoms with Crippen LogP contribution >= 0.6 is 0 Å². The number of nitrogens with one attached hydrogen (secondary N) is 1. The Morgan fingerprint density at radius 3 is 2.46 bits per heavy atom. The Morgan fingerprint density at radius 1 is 0.803 bits per heavy atom. The Balaban J connectivity index is 0.666. The number of nitrogens with zero attached hydrogens (tertiary/aromatic N) is 6. The van der Waals surface area contributed by atoms with Crippen molar-refractivity contribution in [3.63, 3.8) is 0 Å². The predicted octanol–water partition coefficient (Wildman–Crippen LogP) is 6.60. The highest BCUT2D eigenvalue weighted by atomic mass is 16.5. The second kappa shape index (κ2) is 15.9. The van der Waals surface area contributed by atoms with E-state index in [1.54, 1.807) is 18.3 Å². The van der Waals surface area contributed by atoms with E-state index < -0.39 is 23.8 Å². The van der Waals surface area contributed by atoms with Gasteiger partial charge >= 0.3 is 0 Å². The molecule has 0 radical (unpaired) electrons. The van der Waals surface area contributed by atoms with E-state index in [0.29, 0.717) is 35.9 Å². The normalized spacial score (nSPS) is 20.3. The summed E-state index contributed by atoms with van der Waals surface area (Å²) < 4.78 is 20.7. The van der Waals surface area contributed by atoms with E-state index in [0.717, 1.165) is 76.9 Å². The van der Waals surface area contributed by atoms with Crippen molar-refractivity contribution in [1.29, 1.82) is 0 Å². The predicted molar refractivity (Wildman–Crippen MR) is 229 cm³/mol. The molecule has 0 spiro atoms. The topological polar surface area (TPSA) is 141 Å². The van der Waals surface area contributed by atoms with Crippen molar-refractivity contribution in [2.45, 2.75) is 62.9 Å². The molecule has 0 bridgehead atoms. The summed E-state index contributed by atoms with van der Waals surface area (Å²) in [5, 5.41) is 4.99. The third-order valence-corrected chi connectivity index (χ3v) is 12.2. The Kier molecular flexibility index (Phi) is 9.92. The van der Waals surface area contributed by atoms with Crippen molar-refractivity contribution in [3.05, 3.63) is 121 Å². The molecule has 1 N–H and O–H groups in total. The first-order valence-corrected chi connectivity index (χ1v) is 20.7. The Morgan fingerprint density at radius 2 is 1.64 bits per heavy atom. The van der Waals surface area contributed by atoms with E-state index in [1.165, 1.54) is 11.5 Å². The van der Waals surface area contributed by atoms with Gasteiger partial charge in [0.25, 0.3) is 11.8 Å². The van der Waals surface area contributed by atoms with Crippen LogP contribution in [0.25, 0.3) is 32.9 Å². The number of hydrogen-bond acceptors (Lipinski definition) is 10. The number of allylic oxidation sites excluding steroid dienone is 1. The van der Waals surface area contributed by atoms with Gasteiger partial charge in [0, 0.05) is 97.1 Å². The highest BCUT2D eigenvalue weighted by Crippen LogP contribution is 2.35. The van der Waals surface area contributed by atoms with E-state index >= 15 is 0 Å². The highest BCUT2D eigenvalue weighted by molar-refractivity contribution is 6.23. The van der Waals surface area contributed by atoms with Crippen molar-refractivity contribution in [1.82, 2.24) is 29.7 Å². The van der Waals surface area contributed by atoms with E-state index in [2.05, 4.69) is 79.5 Å². The van der Waals surface area contributed by atoms with Gasteiger partial charge < -0.3 is 29.0 Å². The molecule has 13 nitrogen and oxygen atoms in total. The van der Waals surface area contributed by atoms with Gasteiger partial charge in [0.05, 0.1) is 28.9 Å². The molecule has 3 fully saturated rings. The van der Waals surface area contributed by atoms with Crippen LogP contribution in [0.4, 0.5) is 5.69 Å². The fraction of sp³-hybridized carbons (Fsp3) is 0.292. The number of aromatic nitrogens is 4. The number of fused-ring (bicyclic) bond motifs is 4. The molecule has 3 amide bonds. The number of rotatable bonds is 9. The molecule has 10 rings (SSSR count). The molecule has 4 aliphatic rings. The van der Waals surface area contributed by atoms with Crippen LogP contribution in [0.2, 0.25) is 0 Å².